The molecule has 0 aromatic heterocycles. The van der Waals surface area contributed by atoms with E-state index >= 15 is 0 Å². The Balaban J connectivity index is 2.14. The van der Waals surface area contributed by atoms with E-state index in [4.69, 9.17) is 4.74 Å². The Morgan fingerprint density at radius 3 is 2.76 bits per heavy atom. The predicted octanol–water partition coefficient (Wildman–Crippen LogP) is 3.49. The zero-order chi connectivity index (χ0) is 12.3. The summed E-state index contributed by atoms with van der Waals surface area (Å²) in [7, 11) is 0. The zero-order valence-corrected chi connectivity index (χ0v) is 10.7. The van der Waals surface area contributed by atoms with Gasteiger partial charge in [-0.25, -0.2) is 0 Å². The van der Waals surface area contributed by atoms with Gasteiger partial charge in [0.2, 0.25) is 0 Å². The van der Waals surface area contributed by atoms with E-state index in [0.717, 1.165) is 31.4 Å². The third-order valence-corrected chi connectivity index (χ3v) is 3.76. The molecule has 0 spiro atoms. The average molecular weight is 234 g/mol. The number of hydrogen-bond donors (Lipinski definition) is 1. The minimum Gasteiger partial charge on any atom is -0.487 e. The van der Waals surface area contributed by atoms with Crippen molar-refractivity contribution in [2.75, 3.05) is 0 Å². The summed E-state index contributed by atoms with van der Waals surface area (Å²) < 4.78 is 5.99. The van der Waals surface area contributed by atoms with Gasteiger partial charge in [0.25, 0.3) is 0 Å². The number of ether oxygens (including phenoxy) is 1. The topological polar surface area (TPSA) is 29.5 Å². The third-order valence-electron chi connectivity index (χ3n) is 3.76. The predicted molar refractivity (Wildman–Crippen MR) is 69.4 cm³/mol. The second kappa shape index (κ2) is 5.54. The van der Waals surface area contributed by atoms with Crippen molar-refractivity contribution in [1.29, 1.82) is 0 Å². The van der Waals surface area contributed by atoms with Crippen molar-refractivity contribution in [2.45, 2.75) is 57.7 Å². The van der Waals surface area contributed by atoms with E-state index in [-0.39, 0.29) is 12.2 Å². The second-order valence-electron chi connectivity index (χ2n) is 5.00. The Morgan fingerprint density at radius 2 is 2.12 bits per heavy atom. The van der Waals surface area contributed by atoms with Crippen LogP contribution in [0.1, 0.15) is 51.0 Å². The van der Waals surface area contributed by atoms with Crippen LogP contribution < -0.4 is 4.74 Å². The summed E-state index contributed by atoms with van der Waals surface area (Å²) in [6.07, 6.45) is 3.71. The zero-order valence-electron chi connectivity index (χ0n) is 10.7. The fourth-order valence-electron chi connectivity index (χ4n) is 2.42. The standard InChI is InChI=1S/C15H22O2/c1-3-11(2)12-7-4-5-9-14(12)17-15-10-6-8-13(15)16/h4-5,7,9,11,13,15-16H,3,6,8,10H2,1-2H3. The van der Waals surface area contributed by atoms with Gasteiger partial charge in [-0.3, -0.25) is 0 Å². The molecule has 2 heteroatoms. The molecule has 2 rings (SSSR count). The molecule has 0 aliphatic heterocycles. The first-order chi connectivity index (χ1) is 8.22. The van der Waals surface area contributed by atoms with Crippen molar-refractivity contribution in [3.8, 4) is 5.75 Å². The summed E-state index contributed by atoms with van der Waals surface area (Å²) in [5.74, 6) is 1.46. The summed E-state index contributed by atoms with van der Waals surface area (Å²) in [4.78, 5) is 0. The van der Waals surface area contributed by atoms with Crippen molar-refractivity contribution in [2.24, 2.45) is 0 Å². The number of benzene rings is 1. The van der Waals surface area contributed by atoms with E-state index < -0.39 is 0 Å². The van der Waals surface area contributed by atoms with E-state index in [0.29, 0.717) is 5.92 Å². The molecule has 1 saturated carbocycles. The van der Waals surface area contributed by atoms with Gasteiger partial charge in [-0.15, -0.1) is 0 Å². The molecule has 1 aromatic rings. The van der Waals surface area contributed by atoms with E-state index in [1.165, 1.54) is 5.56 Å². The van der Waals surface area contributed by atoms with Gasteiger partial charge in [0.1, 0.15) is 11.9 Å². The lowest BCUT2D eigenvalue weighted by Gasteiger charge is -2.21. The highest BCUT2D eigenvalue weighted by molar-refractivity contribution is 5.36. The molecule has 17 heavy (non-hydrogen) atoms. The Kier molecular flexibility index (Phi) is 4.06. The molecule has 1 fully saturated rings. The van der Waals surface area contributed by atoms with Crippen LogP contribution in [0.25, 0.3) is 0 Å². The molecule has 1 aliphatic carbocycles. The number of hydrogen-bond acceptors (Lipinski definition) is 2. The highest BCUT2D eigenvalue weighted by Crippen LogP contribution is 2.32. The van der Waals surface area contributed by atoms with Crippen molar-refractivity contribution >= 4 is 0 Å². The Hall–Kier alpha value is -1.02. The highest BCUT2D eigenvalue weighted by atomic mass is 16.5. The van der Waals surface area contributed by atoms with Gasteiger partial charge in [0.05, 0.1) is 6.10 Å². The van der Waals surface area contributed by atoms with Crippen molar-refractivity contribution in [3.05, 3.63) is 29.8 Å². The Morgan fingerprint density at radius 1 is 1.35 bits per heavy atom. The average Bonchev–Trinajstić information content (AvgIpc) is 2.75. The molecule has 0 saturated heterocycles. The molecule has 3 atom stereocenters. The first-order valence-electron chi connectivity index (χ1n) is 6.66. The molecule has 3 unspecified atom stereocenters. The molecule has 0 bridgehead atoms. The second-order valence-corrected chi connectivity index (χ2v) is 5.00. The van der Waals surface area contributed by atoms with Crippen LogP contribution in [0.2, 0.25) is 0 Å². The van der Waals surface area contributed by atoms with Crippen molar-refractivity contribution in [1.82, 2.24) is 0 Å². The molecule has 1 N–H and O–H groups in total. The molecular formula is C15H22O2. The molecule has 1 aromatic carbocycles. The van der Waals surface area contributed by atoms with E-state index in [1.54, 1.807) is 0 Å². The number of aliphatic hydroxyl groups is 1. The first kappa shape index (κ1) is 12.4. The normalized spacial score (nSPS) is 25.8. The number of aliphatic hydroxyl groups excluding tert-OH is 1. The van der Waals surface area contributed by atoms with Crippen LogP contribution in [-0.2, 0) is 0 Å². The van der Waals surface area contributed by atoms with Crippen LogP contribution in [0, 0.1) is 0 Å². The highest BCUT2D eigenvalue weighted by Gasteiger charge is 2.27. The maximum atomic E-state index is 9.81. The molecule has 94 valence electrons. The summed E-state index contributed by atoms with van der Waals surface area (Å²) in [5.41, 5.74) is 1.26. The molecule has 0 radical (unpaired) electrons. The minimum absolute atomic E-state index is 0.0137. The molecule has 2 nitrogen and oxygen atoms in total. The molecule has 0 amide bonds. The van der Waals surface area contributed by atoms with E-state index in [1.807, 2.05) is 12.1 Å². The van der Waals surface area contributed by atoms with Gasteiger partial charge in [-0.2, -0.15) is 0 Å². The molecule has 0 heterocycles. The number of rotatable bonds is 4. The van der Waals surface area contributed by atoms with Crippen molar-refractivity contribution in [3.63, 3.8) is 0 Å². The van der Waals surface area contributed by atoms with Gasteiger partial charge in [-0.1, -0.05) is 32.0 Å². The first-order valence-corrected chi connectivity index (χ1v) is 6.66. The van der Waals surface area contributed by atoms with Crippen LogP contribution >= 0.6 is 0 Å². The SMILES string of the molecule is CCC(C)c1ccccc1OC1CCCC1O. The summed E-state index contributed by atoms with van der Waals surface area (Å²) in [5, 5.41) is 9.81. The fraction of sp³-hybridized carbons (Fsp3) is 0.600. The lowest BCUT2D eigenvalue weighted by atomic mass is 9.98. The summed E-state index contributed by atoms with van der Waals surface area (Å²) in [6, 6.07) is 8.21. The third kappa shape index (κ3) is 2.81. The monoisotopic (exact) mass is 234 g/mol. The van der Waals surface area contributed by atoms with Gasteiger partial charge >= 0.3 is 0 Å². The van der Waals surface area contributed by atoms with Gasteiger partial charge < -0.3 is 9.84 Å². The lowest BCUT2D eigenvalue weighted by molar-refractivity contribution is 0.0596. The van der Waals surface area contributed by atoms with Gasteiger partial charge in [0.15, 0.2) is 0 Å². The van der Waals surface area contributed by atoms with Gasteiger partial charge in [0, 0.05) is 0 Å². The number of para-hydroxylation sites is 1. The maximum Gasteiger partial charge on any atom is 0.124 e. The minimum atomic E-state index is -0.292. The largest absolute Gasteiger partial charge is 0.487 e. The summed E-state index contributed by atoms with van der Waals surface area (Å²) in [6.45, 7) is 4.40. The van der Waals surface area contributed by atoms with E-state index in [9.17, 15) is 5.11 Å². The van der Waals surface area contributed by atoms with Crippen LogP contribution in [0.5, 0.6) is 5.75 Å². The van der Waals surface area contributed by atoms with Crippen molar-refractivity contribution < 1.29 is 9.84 Å². The Labute approximate surface area is 104 Å². The summed E-state index contributed by atoms with van der Waals surface area (Å²) >= 11 is 0. The van der Waals surface area contributed by atoms with Crippen LogP contribution in [0.4, 0.5) is 0 Å². The quantitative estimate of drug-likeness (QED) is 0.864. The maximum absolute atomic E-state index is 9.81. The van der Waals surface area contributed by atoms with Gasteiger partial charge in [-0.05, 0) is 43.2 Å². The van der Waals surface area contributed by atoms with Crippen LogP contribution in [-0.4, -0.2) is 17.3 Å². The Bertz CT molecular complexity index is 362. The smallest absolute Gasteiger partial charge is 0.124 e. The molecular weight excluding hydrogens is 212 g/mol. The lowest BCUT2D eigenvalue weighted by Crippen LogP contribution is -2.26. The van der Waals surface area contributed by atoms with E-state index in [2.05, 4.69) is 26.0 Å². The molecule has 1 aliphatic rings. The fourth-order valence-corrected chi connectivity index (χ4v) is 2.42. The van der Waals surface area contributed by atoms with Crippen LogP contribution in [0.15, 0.2) is 24.3 Å². The van der Waals surface area contributed by atoms with Crippen LogP contribution in [0.3, 0.4) is 0 Å².